The highest BCUT2D eigenvalue weighted by Crippen LogP contribution is 2.36. The molecule has 0 saturated heterocycles. The van der Waals surface area contributed by atoms with Gasteiger partial charge in [0, 0.05) is 5.39 Å². The maximum Gasteiger partial charge on any atom is 0.340 e. The Hall–Kier alpha value is -3.03. The van der Waals surface area contributed by atoms with Gasteiger partial charge in [0.25, 0.3) is 0 Å². The summed E-state index contributed by atoms with van der Waals surface area (Å²) < 4.78 is 15.9. The molecular formula is C20H25NO7. The van der Waals surface area contributed by atoms with Gasteiger partial charge in [0.05, 0.1) is 26.2 Å². The van der Waals surface area contributed by atoms with E-state index in [1.807, 2.05) is 13.8 Å². The Morgan fingerprint density at radius 2 is 1.89 bits per heavy atom. The lowest BCUT2D eigenvalue weighted by Crippen LogP contribution is -2.42. The number of ether oxygens (including phenoxy) is 2. The number of amides is 1. The van der Waals surface area contributed by atoms with Gasteiger partial charge in [0.2, 0.25) is 11.7 Å². The third kappa shape index (κ3) is 4.44. The largest absolute Gasteiger partial charge is 0.493 e. The highest BCUT2D eigenvalue weighted by molar-refractivity contribution is 5.90. The van der Waals surface area contributed by atoms with Crippen LogP contribution in [-0.4, -0.2) is 37.2 Å². The van der Waals surface area contributed by atoms with Gasteiger partial charge in [0.1, 0.15) is 6.04 Å². The summed E-state index contributed by atoms with van der Waals surface area (Å²) in [6, 6.07) is 2.39. The Bertz CT molecular complexity index is 946. The van der Waals surface area contributed by atoms with Gasteiger partial charge in [-0.3, -0.25) is 4.79 Å². The monoisotopic (exact) mass is 391 g/mol. The van der Waals surface area contributed by atoms with Gasteiger partial charge in [0.15, 0.2) is 11.3 Å². The van der Waals surface area contributed by atoms with Crippen molar-refractivity contribution in [2.45, 2.75) is 39.7 Å². The number of rotatable bonds is 8. The van der Waals surface area contributed by atoms with Crippen LogP contribution in [0.2, 0.25) is 0 Å². The second-order valence-corrected chi connectivity index (χ2v) is 6.94. The number of aryl methyl sites for hydroxylation is 1. The lowest BCUT2D eigenvalue weighted by atomic mass is 10.0. The molecule has 0 radical (unpaired) electrons. The number of hydrogen-bond donors (Lipinski definition) is 2. The summed E-state index contributed by atoms with van der Waals surface area (Å²) in [7, 11) is 2.91. The van der Waals surface area contributed by atoms with Crippen LogP contribution in [-0.2, 0) is 16.0 Å². The number of carbonyl (C=O) groups is 2. The number of hydrogen-bond acceptors (Lipinski definition) is 6. The second-order valence-electron chi connectivity index (χ2n) is 6.94. The fraction of sp³-hybridized carbons (Fsp3) is 0.450. The standard InChI is InChI=1S/C20H25NO7/c1-10(2)8-14(19(23)24)21-16(22)9-13-11(3)12-6-7-15(26-4)18(27-5)17(12)28-20(13)25/h6-7,10,14H,8-9H2,1-5H3,(H,21,22)(H,23,24). The molecule has 28 heavy (non-hydrogen) atoms. The molecular weight excluding hydrogens is 366 g/mol. The summed E-state index contributed by atoms with van der Waals surface area (Å²) in [5, 5.41) is 12.4. The average molecular weight is 391 g/mol. The molecule has 0 bridgehead atoms. The maximum atomic E-state index is 12.5. The molecule has 0 aliphatic rings. The molecule has 8 nitrogen and oxygen atoms in total. The van der Waals surface area contributed by atoms with E-state index in [0.29, 0.717) is 28.9 Å². The van der Waals surface area contributed by atoms with Crippen LogP contribution in [0.4, 0.5) is 0 Å². The molecule has 0 aliphatic carbocycles. The summed E-state index contributed by atoms with van der Waals surface area (Å²) in [5.74, 6) is -0.860. The summed E-state index contributed by atoms with van der Waals surface area (Å²) in [4.78, 5) is 36.2. The highest BCUT2D eigenvalue weighted by atomic mass is 16.5. The SMILES string of the molecule is COc1ccc2c(C)c(CC(=O)NC(CC(C)C)C(=O)O)c(=O)oc2c1OC. The van der Waals surface area contributed by atoms with Crippen molar-refractivity contribution in [2.75, 3.05) is 14.2 Å². The van der Waals surface area contributed by atoms with Crippen LogP contribution in [0, 0.1) is 12.8 Å². The molecule has 1 heterocycles. The number of carbonyl (C=O) groups excluding carboxylic acids is 1. The Kier molecular flexibility index (Phi) is 6.66. The number of methoxy groups -OCH3 is 2. The van der Waals surface area contributed by atoms with Crippen LogP contribution in [0.15, 0.2) is 21.3 Å². The van der Waals surface area contributed by atoms with Crippen molar-refractivity contribution < 1.29 is 28.6 Å². The number of carboxylic acids is 1. The first-order valence-corrected chi connectivity index (χ1v) is 8.89. The van der Waals surface area contributed by atoms with E-state index < -0.39 is 23.5 Å². The molecule has 1 amide bonds. The van der Waals surface area contributed by atoms with E-state index >= 15 is 0 Å². The molecule has 0 fully saturated rings. The molecule has 0 saturated carbocycles. The van der Waals surface area contributed by atoms with Gasteiger partial charge >= 0.3 is 11.6 Å². The van der Waals surface area contributed by atoms with Crippen LogP contribution in [0.5, 0.6) is 11.5 Å². The molecule has 0 spiro atoms. The van der Waals surface area contributed by atoms with Crippen LogP contribution < -0.4 is 20.4 Å². The van der Waals surface area contributed by atoms with E-state index in [-0.39, 0.29) is 23.5 Å². The molecule has 1 unspecified atom stereocenters. The molecule has 8 heteroatoms. The zero-order valence-electron chi connectivity index (χ0n) is 16.6. The molecule has 1 atom stereocenters. The van der Waals surface area contributed by atoms with E-state index in [2.05, 4.69) is 5.32 Å². The summed E-state index contributed by atoms with van der Waals surface area (Å²) >= 11 is 0. The molecule has 2 aromatic rings. The second kappa shape index (κ2) is 8.77. The molecule has 152 valence electrons. The van der Waals surface area contributed by atoms with Crippen molar-refractivity contribution in [2.24, 2.45) is 5.92 Å². The highest BCUT2D eigenvalue weighted by Gasteiger charge is 2.24. The van der Waals surface area contributed by atoms with Crippen molar-refractivity contribution in [3.05, 3.63) is 33.7 Å². The lowest BCUT2D eigenvalue weighted by molar-refractivity contribution is -0.142. The number of nitrogens with one attached hydrogen (secondary N) is 1. The number of aliphatic carboxylic acids is 1. The van der Waals surface area contributed by atoms with Crippen LogP contribution >= 0.6 is 0 Å². The van der Waals surface area contributed by atoms with Gasteiger partial charge in [-0.25, -0.2) is 9.59 Å². The molecule has 2 rings (SSSR count). The Labute approximate surface area is 162 Å². The summed E-state index contributed by atoms with van der Waals surface area (Å²) in [6.45, 7) is 5.44. The third-order valence-electron chi connectivity index (χ3n) is 4.48. The predicted octanol–water partition coefficient (Wildman–Crippen LogP) is 2.28. The molecule has 1 aromatic heterocycles. The minimum Gasteiger partial charge on any atom is -0.493 e. The topological polar surface area (TPSA) is 115 Å². The molecule has 1 aromatic carbocycles. The third-order valence-corrected chi connectivity index (χ3v) is 4.48. The lowest BCUT2D eigenvalue weighted by Gasteiger charge is -2.17. The smallest absolute Gasteiger partial charge is 0.340 e. The zero-order chi connectivity index (χ0) is 21.0. The Morgan fingerprint density at radius 1 is 1.21 bits per heavy atom. The Morgan fingerprint density at radius 3 is 2.43 bits per heavy atom. The maximum absolute atomic E-state index is 12.5. The van der Waals surface area contributed by atoms with Crippen LogP contribution in [0.1, 0.15) is 31.4 Å². The van der Waals surface area contributed by atoms with Crippen LogP contribution in [0.3, 0.4) is 0 Å². The van der Waals surface area contributed by atoms with Gasteiger partial charge in [-0.05, 0) is 37.0 Å². The molecule has 0 aliphatic heterocycles. The van der Waals surface area contributed by atoms with E-state index in [0.717, 1.165) is 0 Å². The van der Waals surface area contributed by atoms with Gasteiger partial charge < -0.3 is 24.3 Å². The summed E-state index contributed by atoms with van der Waals surface area (Å²) in [6.07, 6.45) is 0.0176. The summed E-state index contributed by atoms with van der Waals surface area (Å²) in [5.41, 5.74) is 0.295. The van der Waals surface area contributed by atoms with E-state index in [1.165, 1.54) is 14.2 Å². The zero-order valence-corrected chi connectivity index (χ0v) is 16.6. The normalized spacial score (nSPS) is 12.1. The quantitative estimate of drug-likeness (QED) is 0.663. The van der Waals surface area contributed by atoms with Gasteiger partial charge in [-0.2, -0.15) is 0 Å². The fourth-order valence-corrected chi connectivity index (χ4v) is 3.07. The first-order valence-electron chi connectivity index (χ1n) is 8.89. The van der Waals surface area contributed by atoms with Crippen LogP contribution in [0.25, 0.3) is 11.0 Å². The average Bonchev–Trinajstić information content (AvgIpc) is 2.63. The van der Waals surface area contributed by atoms with E-state index in [9.17, 15) is 19.5 Å². The first kappa shape index (κ1) is 21.3. The van der Waals surface area contributed by atoms with E-state index in [1.54, 1.807) is 19.1 Å². The van der Waals surface area contributed by atoms with Crippen molar-refractivity contribution in [3.8, 4) is 11.5 Å². The Balaban J connectivity index is 2.39. The minimum absolute atomic E-state index is 0.0938. The fourth-order valence-electron chi connectivity index (χ4n) is 3.07. The van der Waals surface area contributed by atoms with Gasteiger partial charge in [-0.1, -0.05) is 13.8 Å². The van der Waals surface area contributed by atoms with E-state index in [4.69, 9.17) is 13.9 Å². The minimum atomic E-state index is -1.11. The molecule has 2 N–H and O–H groups in total. The van der Waals surface area contributed by atoms with Crippen molar-refractivity contribution >= 4 is 22.8 Å². The number of fused-ring (bicyclic) bond motifs is 1. The first-order chi connectivity index (χ1) is 13.2. The van der Waals surface area contributed by atoms with Gasteiger partial charge in [-0.15, -0.1) is 0 Å². The van der Waals surface area contributed by atoms with Crippen molar-refractivity contribution in [1.82, 2.24) is 5.32 Å². The predicted molar refractivity (Wildman–Crippen MR) is 103 cm³/mol. The van der Waals surface area contributed by atoms with Crippen molar-refractivity contribution in [3.63, 3.8) is 0 Å². The van der Waals surface area contributed by atoms with Crippen molar-refractivity contribution in [1.29, 1.82) is 0 Å². The number of benzene rings is 1. The number of carboxylic acid groups (broad SMARTS) is 1.